The summed E-state index contributed by atoms with van der Waals surface area (Å²) >= 11 is 6.94. The number of allylic oxidation sites excluding steroid dienone is 1. The number of aromatic nitrogens is 3. The van der Waals surface area contributed by atoms with E-state index in [1.165, 1.54) is 15.9 Å². The Kier molecular flexibility index (Phi) is 11.0. The van der Waals surface area contributed by atoms with Crippen molar-refractivity contribution in [2.45, 2.75) is 39.7 Å². The van der Waals surface area contributed by atoms with E-state index in [0.717, 1.165) is 39.8 Å². The van der Waals surface area contributed by atoms with E-state index in [0.29, 0.717) is 16.5 Å². The first-order chi connectivity index (χ1) is 21.5. The molecule has 0 spiro atoms. The van der Waals surface area contributed by atoms with E-state index in [1.807, 2.05) is 36.4 Å². The van der Waals surface area contributed by atoms with E-state index in [1.54, 1.807) is 59.4 Å². The summed E-state index contributed by atoms with van der Waals surface area (Å²) in [5.41, 5.74) is 4.80. The molecule has 0 aliphatic rings. The normalized spacial score (nSPS) is 12.2. The standard InChI is InChI=1S/C35H40ClN5O4/c1-7-26(24-13-9-8-10-14-24)30(32-31(36)27-15-11-19-37-33(27)39-32)25-17-18-28(38-23-25)44-22-21-41(34(43)45-35(2,3)4)20-12-16-29(42)40(5)6/h8-19,23H,7,20-22H2,1-6H3,(H,37,39)/b16-12+,30-26+. The number of rotatable bonds is 11. The lowest BCUT2D eigenvalue weighted by Crippen LogP contribution is -2.39. The molecule has 4 aromatic rings. The Morgan fingerprint density at radius 3 is 2.38 bits per heavy atom. The summed E-state index contributed by atoms with van der Waals surface area (Å²) in [5.74, 6) is 0.235. The van der Waals surface area contributed by atoms with E-state index in [4.69, 9.17) is 21.1 Å². The summed E-state index contributed by atoms with van der Waals surface area (Å²) in [7, 11) is 3.33. The third-order valence-corrected chi connectivity index (χ3v) is 7.24. The van der Waals surface area contributed by atoms with Gasteiger partial charge in [0.2, 0.25) is 11.8 Å². The van der Waals surface area contributed by atoms with Gasteiger partial charge in [-0.15, -0.1) is 0 Å². The molecule has 45 heavy (non-hydrogen) atoms. The third-order valence-electron chi connectivity index (χ3n) is 6.85. The molecule has 0 saturated carbocycles. The van der Waals surface area contributed by atoms with Crippen LogP contribution in [-0.2, 0) is 9.53 Å². The molecule has 3 heterocycles. The molecule has 0 radical (unpaired) electrons. The Bertz CT molecular complexity index is 1670. The molecule has 0 fully saturated rings. The van der Waals surface area contributed by atoms with Gasteiger partial charge in [-0.3, -0.25) is 4.79 Å². The van der Waals surface area contributed by atoms with Crippen LogP contribution in [0.4, 0.5) is 4.79 Å². The zero-order valence-corrected chi connectivity index (χ0v) is 27.4. The molecule has 2 amide bonds. The van der Waals surface area contributed by atoms with Crippen LogP contribution in [0.1, 0.15) is 50.9 Å². The largest absolute Gasteiger partial charge is 0.476 e. The highest BCUT2D eigenvalue weighted by Crippen LogP contribution is 2.39. The molecule has 4 rings (SSSR count). The summed E-state index contributed by atoms with van der Waals surface area (Å²) in [5, 5.41) is 1.44. The number of nitrogens with zero attached hydrogens (tertiary/aromatic N) is 4. The van der Waals surface area contributed by atoms with Crippen molar-refractivity contribution in [3.05, 3.63) is 101 Å². The molecule has 3 aromatic heterocycles. The summed E-state index contributed by atoms with van der Waals surface area (Å²) in [6, 6.07) is 17.8. The highest BCUT2D eigenvalue weighted by atomic mass is 35.5. The number of nitrogens with one attached hydrogen (secondary N) is 1. The van der Waals surface area contributed by atoms with Gasteiger partial charge in [0, 0.05) is 61.7 Å². The van der Waals surface area contributed by atoms with Crippen LogP contribution in [0.3, 0.4) is 0 Å². The minimum Gasteiger partial charge on any atom is -0.476 e. The Morgan fingerprint density at radius 2 is 1.76 bits per heavy atom. The molecule has 0 aliphatic carbocycles. The van der Waals surface area contributed by atoms with Crippen LogP contribution in [0, 0.1) is 0 Å². The first-order valence-corrected chi connectivity index (χ1v) is 15.2. The Labute approximate surface area is 269 Å². The molecule has 1 aromatic carbocycles. The number of ether oxygens (including phenoxy) is 2. The van der Waals surface area contributed by atoms with E-state index in [2.05, 4.69) is 34.0 Å². The highest BCUT2D eigenvalue weighted by Gasteiger charge is 2.22. The predicted octanol–water partition coefficient (Wildman–Crippen LogP) is 7.24. The van der Waals surface area contributed by atoms with Gasteiger partial charge in [0.1, 0.15) is 17.9 Å². The van der Waals surface area contributed by atoms with Crippen molar-refractivity contribution >= 4 is 45.8 Å². The number of aromatic amines is 1. The van der Waals surface area contributed by atoms with Crippen molar-refractivity contribution in [2.75, 3.05) is 33.8 Å². The maximum atomic E-state index is 12.8. The number of likely N-dealkylation sites (N-methyl/N-ethyl adjacent to an activating group) is 1. The third kappa shape index (κ3) is 8.73. The number of carbonyl (C=O) groups excluding carboxylic acids is 2. The number of H-pyrrole nitrogens is 1. The fourth-order valence-electron chi connectivity index (χ4n) is 4.68. The fourth-order valence-corrected chi connectivity index (χ4v) is 4.98. The second-order valence-corrected chi connectivity index (χ2v) is 12.0. The predicted molar refractivity (Wildman–Crippen MR) is 179 cm³/mol. The van der Waals surface area contributed by atoms with Crippen molar-refractivity contribution in [1.29, 1.82) is 0 Å². The van der Waals surface area contributed by atoms with Crippen LogP contribution in [0.15, 0.2) is 79.1 Å². The lowest BCUT2D eigenvalue weighted by molar-refractivity contribution is -0.123. The van der Waals surface area contributed by atoms with Gasteiger partial charge in [0.25, 0.3) is 0 Å². The number of halogens is 1. The number of amides is 2. The molecule has 0 aliphatic heterocycles. The molecule has 0 atom stereocenters. The van der Waals surface area contributed by atoms with Crippen LogP contribution in [0.25, 0.3) is 22.2 Å². The number of pyridine rings is 2. The van der Waals surface area contributed by atoms with Crippen LogP contribution in [-0.4, -0.2) is 76.1 Å². The monoisotopic (exact) mass is 629 g/mol. The maximum absolute atomic E-state index is 12.8. The second-order valence-electron chi connectivity index (χ2n) is 11.6. The number of fused-ring (bicyclic) bond motifs is 1. The summed E-state index contributed by atoms with van der Waals surface area (Å²) in [6.07, 6.45) is 6.82. The van der Waals surface area contributed by atoms with E-state index >= 15 is 0 Å². The first-order valence-electron chi connectivity index (χ1n) is 14.8. The van der Waals surface area contributed by atoms with Crippen LogP contribution >= 0.6 is 11.6 Å². The second kappa shape index (κ2) is 14.9. The van der Waals surface area contributed by atoms with Crippen molar-refractivity contribution in [3.8, 4) is 5.88 Å². The van der Waals surface area contributed by atoms with Gasteiger partial charge in [0.15, 0.2) is 0 Å². The minimum atomic E-state index is -0.664. The minimum absolute atomic E-state index is 0.170. The van der Waals surface area contributed by atoms with Crippen LogP contribution in [0.2, 0.25) is 5.02 Å². The average molecular weight is 630 g/mol. The maximum Gasteiger partial charge on any atom is 0.410 e. The summed E-state index contributed by atoms with van der Waals surface area (Å²) < 4.78 is 11.5. The molecule has 0 saturated heterocycles. The smallest absolute Gasteiger partial charge is 0.410 e. The van der Waals surface area contributed by atoms with Crippen molar-refractivity contribution in [1.82, 2.24) is 24.8 Å². The van der Waals surface area contributed by atoms with Gasteiger partial charge < -0.3 is 24.3 Å². The average Bonchev–Trinajstić information content (AvgIpc) is 3.34. The number of hydrogen-bond donors (Lipinski definition) is 1. The van der Waals surface area contributed by atoms with Gasteiger partial charge in [-0.25, -0.2) is 14.8 Å². The highest BCUT2D eigenvalue weighted by molar-refractivity contribution is 6.37. The Hall–Kier alpha value is -4.63. The quantitative estimate of drug-likeness (QED) is 0.176. The fraction of sp³-hybridized carbons (Fsp3) is 0.314. The van der Waals surface area contributed by atoms with Crippen LogP contribution < -0.4 is 4.74 Å². The lowest BCUT2D eigenvalue weighted by Gasteiger charge is -2.26. The van der Waals surface area contributed by atoms with E-state index < -0.39 is 11.7 Å². The van der Waals surface area contributed by atoms with Gasteiger partial charge in [-0.1, -0.05) is 54.9 Å². The van der Waals surface area contributed by atoms with E-state index in [-0.39, 0.29) is 25.6 Å². The molecule has 1 N–H and O–H groups in total. The molecular formula is C35H40ClN5O4. The Morgan fingerprint density at radius 1 is 1.00 bits per heavy atom. The number of hydrogen-bond acceptors (Lipinski definition) is 6. The first kappa shape index (κ1) is 33.3. The van der Waals surface area contributed by atoms with Gasteiger partial charge in [-0.2, -0.15) is 0 Å². The van der Waals surface area contributed by atoms with Crippen molar-refractivity contribution in [3.63, 3.8) is 0 Å². The zero-order chi connectivity index (χ0) is 32.6. The topological polar surface area (TPSA) is 101 Å². The van der Waals surface area contributed by atoms with Gasteiger partial charge in [-0.05, 0) is 56.5 Å². The molecule has 10 heteroatoms. The molecule has 9 nitrogen and oxygen atoms in total. The molecule has 236 valence electrons. The molecule has 0 bridgehead atoms. The van der Waals surface area contributed by atoms with Crippen molar-refractivity contribution in [2.24, 2.45) is 0 Å². The number of carbonyl (C=O) groups is 2. The van der Waals surface area contributed by atoms with Gasteiger partial charge in [0.05, 0.1) is 17.3 Å². The number of benzene rings is 1. The zero-order valence-electron chi connectivity index (χ0n) is 26.6. The summed E-state index contributed by atoms with van der Waals surface area (Å²) in [4.78, 5) is 40.2. The summed E-state index contributed by atoms with van der Waals surface area (Å²) in [6.45, 7) is 8.13. The van der Waals surface area contributed by atoms with E-state index in [9.17, 15) is 9.59 Å². The van der Waals surface area contributed by atoms with Crippen LogP contribution in [0.5, 0.6) is 5.88 Å². The molecule has 0 unspecified atom stereocenters. The SMILES string of the molecule is CC/C(=C(/c1ccc(OCCN(C/C=C/C(=O)N(C)C)C(=O)OC(C)(C)C)nc1)c1[nH]c2ncccc2c1Cl)c1ccccc1. The molecular weight excluding hydrogens is 590 g/mol. The van der Waals surface area contributed by atoms with Crippen molar-refractivity contribution < 1.29 is 19.1 Å². The van der Waals surface area contributed by atoms with Gasteiger partial charge >= 0.3 is 6.09 Å². The lowest BCUT2D eigenvalue weighted by atomic mass is 9.91. The Balaban J connectivity index is 1.57.